The van der Waals surface area contributed by atoms with Crippen LogP contribution in [-0.4, -0.2) is 45.0 Å². The molecule has 2 aromatic heterocycles. The number of likely N-dealkylation sites (tertiary alicyclic amines) is 1. The molecule has 3 aromatic rings. The van der Waals surface area contributed by atoms with Gasteiger partial charge in [0.25, 0.3) is 5.91 Å². The van der Waals surface area contributed by atoms with Gasteiger partial charge in [-0.05, 0) is 65.5 Å². The van der Waals surface area contributed by atoms with E-state index in [1.807, 2.05) is 42.2 Å². The van der Waals surface area contributed by atoms with Crippen LogP contribution >= 0.6 is 15.9 Å². The van der Waals surface area contributed by atoms with Crippen molar-refractivity contribution < 1.29 is 4.79 Å². The van der Waals surface area contributed by atoms with Gasteiger partial charge in [-0.25, -0.2) is 4.98 Å². The lowest BCUT2D eigenvalue weighted by molar-refractivity contribution is 0.0706. The predicted molar refractivity (Wildman–Crippen MR) is 141 cm³/mol. The molecule has 0 spiro atoms. The molecule has 1 unspecified atom stereocenters. The summed E-state index contributed by atoms with van der Waals surface area (Å²) in [4.78, 5) is 19.9. The molecule has 0 bridgehead atoms. The van der Waals surface area contributed by atoms with Gasteiger partial charge in [0, 0.05) is 37.2 Å². The second-order valence-corrected chi connectivity index (χ2v) is 9.25. The van der Waals surface area contributed by atoms with Gasteiger partial charge in [-0.1, -0.05) is 30.9 Å². The number of halogens is 1. The van der Waals surface area contributed by atoms with Gasteiger partial charge in [0.2, 0.25) is 0 Å². The maximum absolute atomic E-state index is 13.1. The average molecular weight is 531 g/mol. The molecule has 1 saturated heterocycles. The molecule has 1 atom stereocenters. The first kappa shape index (κ1) is 24.4. The Morgan fingerprint density at radius 1 is 1.37 bits per heavy atom. The van der Waals surface area contributed by atoms with Gasteiger partial charge in [-0.3, -0.25) is 4.79 Å². The van der Waals surface area contributed by atoms with Crippen molar-refractivity contribution in [2.45, 2.75) is 25.7 Å². The Balaban J connectivity index is 1.58. The molecule has 4 rings (SSSR count). The number of anilines is 1. The minimum atomic E-state index is -0.0195. The number of hydrogen-bond acceptors (Lipinski definition) is 5. The van der Waals surface area contributed by atoms with Gasteiger partial charge in [-0.2, -0.15) is 14.9 Å². The molecule has 1 aliphatic rings. The highest BCUT2D eigenvalue weighted by atomic mass is 79.9. The maximum atomic E-state index is 13.1. The first-order chi connectivity index (χ1) is 17.0. The Bertz CT molecular complexity index is 1330. The number of benzene rings is 1. The van der Waals surface area contributed by atoms with Gasteiger partial charge in [0.05, 0.1) is 28.0 Å². The summed E-state index contributed by atoms with van der Waals surface area (Å²) in [7, 11) is 0. The Kier molecular flexibility index (Phi) is 7.78. The third-order valence-electron chi connectivity index (χ3n) is 6.07. The molecule has 1 amide bonds. The Morgan fingerprint density at radius 3 is 2.89 bits per heavy atom. The standard InChI is InChI=1S/C27H27BrN6O/c1-3-5-7-19(4-2)16-30-25-14-24(32-26-23(28)17-31-34(25)26)22-8-6-13-33(18-22)27(35)21-11-9-20(15-29)10-12-21/h3-5,7,9-12,14,17,22,30H,2,6,8,13,16,18H2,1H3/b5-3-,19-7+. The third-order valence-corrected chi connectivity index (χ3v) is 6.63. The number of piperidine rings is 1. The number of allylic oxidation sites excluding steroid dienone is 3. The lowest BCUT2D eigenvalue weighted by Crippen LogP contribution is -2.39. The highest BCUT2D eigenvalue weighted by Crippen LogP contribution is 2.30. The van der Waals surface area contributed by atoms with Crippen molar-refractivity contribution in [1.82, 2.24) is 19.5 Å². The van der Waals surface area contributed by atoms with E-state index in [4.69, 9.17) is 10.2 Å². The van der Waals surface area contributed by atoms with Crippen LogP contribution in [0.5, 0.6) is 0 Å². The van der Waals surface area contributed by atoms with Gasteiger partial charge >= 0.3 is 0 Å². The Labute approximate surface area is 213 Å². The van der Waals surface area contributed by atoms with Crippen LogP contribution in [0.3, 0.4) is 0 Å². The van der Waals surface area contributed by atoms with Crippen LogP contribution in [0.25, 0.3) is 5.65 Å². The number of rotatable bonds is 7. The number of fused-ring (bicyclic) bond motifs is 1. The molecule has 0 aliphatic carbocycles. The van der Waals surface area contributed by atoms with Crippen LogP contribution in [0.1, 0.15) is 47.3 Å². The van der Waals surface area contributed by atoms with Crippen molar-refractivity contribution in [3.05, 3.63) is 94.3 Å². The highest BCUT2D eigenvalue weighted by Gasteiger charge is 2.27. The molecule has 178 valence electrons. The van der Waals surface area contributed by atoms with Crippen LogP contribution in [-0.2, 0) is 0 Å². The minimum Gasteiger partial charge on any atom is -0.366 e. The van der Waals surface area contributed by atoms with Crippen LogP contribution in [0.4, 0.5) is 5.82 Å². The van der Waals surface area contributed by atoms with Gasteiger partial charge in [0.1, 0.15) is 5.82 Å². The fraction of sp³-hybridized carbons (Fsp3) is 0.259. The van der Waals surface area contributed by atoms with Crippen molar-refractivity contribution in [2.75, 3.05) is 25.0 Å². The lowest BCUT2D eigenvalue weighted by atomic mass is 9.93. The van der Waals surface area contributed by atoms with E-state index >= 15 is 0 Å². The Hall–Kier alpha value is -3.70. The normalized spacial score (nSPS) is 16.4. The summed E-state index contributed by atoms with van der Waals surface area (Å²) in [5, 5.41) is 17.0. The van der Waals surface area contributed by atoms with E-state index in [1.165, 1.54) is 0 Å². The molecule has 0 radical (unpaired) electrons. The topological polar surface area (TPSA) is 86.3 Å². The first-order valence-electron chi connectivity index (χ1n) is 11.6. The van der Waals surface area contributed by atoms with E-state index in [9.17, 15) is 4.79 Å². The second kappa shape index (κ2) is 11.2. The van der Waals surface area contributed by atoms with Crippen LogP contribution in [0.15, 0.2) is 77.5 Å². The molecule has 3 heterocycles. The molecule has 0 saturated carbocycles. The van der Waals surface area contributed by atoms with E-state index in [0.29, 0.717) is 30.8 Å². The lowest BCUT2D eigenvalue weighted by Gasteiger charge is -2.33. The number of amides is 1. The van der Waals surface area contributed by atoms with E-state index in [0.717, 1.165) is 40.0 Å². The van der Waals surface area contributed by atoms with Crippen molar-refractivity contribution in [3.63, 3.8) is 0 Å². The molecule has 8 heteroatoms. The third kappa shape index (κ3) is 5.52. The van der Waals surface area contributed by atoms with Crippen molar-refractivity contribution >= 4 is 33.3 Å². The van der Waals surface area contributed by atoms with E-state index in [1.54, 1.807) is 35.0 Å². The molecule has 1 aliphatic heterocycles. The second-order valence-electron chi connectivity index (χ2n) is 8.40. The van der Waals surface area contributed by atoms with E-state index < -0.39 is 0 Å². The Morgan fingerprint density at radius 2 is 2.17 bits per heavy atom. The number of nitrogens with zero attached hydrogens (tertiary/aromatic N) is 5. The van der Waals surface area contributed by atoms with Gasteiger partial charge in [-0.15, -0.1) is 0 Å². The molecular formula is C27H27BrN6O. The zero-order valence-corrected chi connectivity index (χ0v) is 21.2. The van der Waals surface area contributed by atoms with Gasteiger partial charge in [0.15, 0.2) is 5.65 Å². The summed E-state index contributed by atoms with van der Waals surface area (Å²) < 4.78 is 2.60. The molecular weight excluding hydrogens is 504 g/mol. The number of nitrogens with one attached hydrogen (secondary N) is 1. The summed E-state index contributed by atoms with van der Waals surface area (Å²) in [5.74, 6) is 0.921. The highest BCUT2D eigenvalue weighted by molar-refractivity contribution is 9.10. The fourth-order valence-electron chi connectivity index (χ4n) is 4.17. The van der Waals surface area contributed by atoms with Crippen LogP contribution < -0.4 is 5.32 Å². The molecule has 1 aromatic carbocycles. The minimum absolute atomic E-state index is 0.0195. The summed E-state index contributed by atoms with van der Waals surface area (Å²) in [6.45, 7) is 7.77. The number of nitriles is 1. The zero-order chi connectivity index (χ0) is 24.8. The number of carbonyl (C=O) groups excluding carboxylic acids is 1. The van der Waals surface area contributed by atoms with Crippen molar-refractivity contribution in [1.29, 1.82) is 5.26 Å². The number of aromatic nitrogens is 3. The molecule has 35 heavy (non-hydrogen) atoms. The molecule has 7 nitrogen and oxygen atoms in total. The quantitative estimate of drug-likeness (QED) is 0.408. The SMILES string of the molecule is C=C/C(=C\C=C/C)CNc1cc(C2CCCN(C(=O)c3ccc(C#N)cc3)C2)nc2c(Br)cnn12. The van der Waals surface area contributed by atoms with Crippen molar-refractivity contribution in [3.8, 4) is 6.07 Å². The summed E-state index contributed by atoms with van der Waals surface area (Å²) in [5.41, 5.74) is 3.85. The van der Waals surface area contributed by atoms with Gasteiger partial charge < -0.3 is 10.2 Å². The van der Waals surface area contributed by atoms with Crippen LogP contribution in [0, 0.1) is 11.3 Å². The monoisotopic (exact) mass is 530 g/mol. The summed E-state index contributed by atoms with van der Waals surface area (Å²) in [6.07, 6.45) is 11.4. The molecule has 1 N–H and O–H groups in total. The summed E-state index contributed by atoms with van der Waals surface area (Å²) >= 11 is 3.57. The predicted octanol–water partition coefficient (Wildman–Crippen LogP) is 5.48. The number of carbonyl (C=O) groups is 1. The zero-order valence-electron chi connectivity index (χ0n) is 19.6. The van der Waals surface area contributed by atoms with Crippen molar-refractivity contribution in [2.24, 2.45) is 0 Å². The largest absolute Gasteiger partial charge is 0.366 e. The smallest absolute Gasteiger partial charge is 0.253 e. The average Bonchev–Trinajstić information content (AvgIpc) is 3.29. The van der Waals surface area contributed by atoms with E-state index in [2.05, 4.69) is 39.0 Å². The fourth-order valence-corrected chi connectivity index (χ4v) is 4.52. The number of hydrogen-bond donors (Lipinski definition) is 1. The van der Waals surface area contributed by atoms with E-state index in [-0.39, 0.29) is 11.8 Å². The summed E-state index contributed by atoms with van der Waals surface area (Å²) in [6, 6.07) is 10.9. The van der Waals surface area contributed by atoms with Crippen LogP contribution in [0.2, 0.25) is 0 Å². The maximum Gasteiger partial charge on any atom is 0.253 e. The molecule has 1 fully saturated rings. The first-order valence-corrected chi connectivity index (χ1v) is 12.3.